The van der Waals surface area contributed by atoms with E-state index in [0.29, 0.717) is 0 Å². The number of nitrogens with zero attached hydrogens (tertiary/aromatic N) is 2. The van der Waals surface area contributed by atoms with E-state index in [4.69, 9.17) is 0 Å². The van der Waals surface area contributed by atoms with Gasteiger partial charge in [-0.05, 0) is 12.8 Å². The first kappa shape index (κ1) is 14.1. The molecule has 0 spiro atoms. The van der Waals surface area contributed by atoms with E-state index in [0.717, 1.165) is 0 Å². The summed E-state index contributed by atoms with van der Waals surface area (Å²) in [6.45, 7) is 3.44. The van der Waals surface area contributed by atoms with Gasteiger partial charge >= 0.3 is 0 Å². The van der Waals surface area contributed by atoms with Crippen LogP contribution in [0.2, 0.25) is 0 Å². The Hall–Kier alpha value is -0.860. The molecule has 0 radical (unpaired) electrons. The van der Waals surface area contributed by atoms with Crippen molar-refractivity contribution in [2.45, 2.75) is 52.0 Å². The molecule has 0 aliphatic carbocycles. The van der Waals surface area contributed by atoms with E-state index in [2.05, 4.69) is 41.8 Å². The number of rotatable bonds is 7. The van der Waals surface area contributed by atoms with E-state index < -0.39 is 0 Å². The number of hydrogen-bond acceptors (Lipinski definition) is 0. The maximum atomic E-state index is 2.26. The minimum absolute atomic E-state index is 0. The summed E-state index contributed by atoms with van der Waals surface area (Å²) in [4.78, 5) is 0. The molecule has 1 aromatic heterocycles. The Morgan fingerprint density at radius 1 is 1.07 bits per heavy atom. The van der Waals surface area contributed by atoms with Gasteiger partial charge in [0.2, 0.25) is 6.33 Å². The lowest BCUT2D eigenvalue weighted by Gasteiger charge is -1.98. The summed E-state index contributed by atoms with van der Waals surface area (Å²) in [5, 5.41) is 0. The molecule has 0 N–H and O–H groups in total. The first-order chi connectivity index (χ1) is 6.83. The molecule has 1 aromatic rings. The zero-order chi connectivity index (χ0) is 10.2. The third-order valence-corrected chi connectivity index (χ3v) is 2.59. The van der Waals surface area contributed by atoms with Gasteiger partial charge in [-0.3, -0.25) is 0 Å². The lowest BCUT2D eigenvalue weighted by molar-refractivity contribution is -0.671. The molecular weight excluding hydrogens is 191 g/mol. The molecule has 15 heavy (non-hydrogen) atoms. The zero-order valence-electron chi connectivity index (χ0n) is 9.95. The van der Waals surface area contributed by atoms with E-state index in [9.17, 15) is 0 Å². The second kappa shape index (κ2) is 8.45. The molecule has 0 aromatic carbocycles. The van der Waals surface area contributed by atoms with Crippen LogP contribution in [0.1, 0.15) is 45.4 Å². The Kier molecular flexibility index (Phi) is 7.96. The normalized spacial score (nSPS) is 10.0. The zero-order valence-corrected chi connectivity index (χ0v) is 9.95. The smallest absolute Gasteiger partial charge is 0.243 e. The van der Waals surface area contributed by atoms with Gasteiger partial charge in [-0.25, -0.2) is 9.13 Å². The first-order valence-corrected chi connectivity index (χ1v) is 5.84. The van der Waals surface area contributed by atoms with Gasteiger partial charge in [-0.15, -0.1) is 0 Å². The molecule has 0 atom stereocenters. The van der Waals surface area contributed by atoms with Crippen molar-refractivity contribution in [1.29, 1.82) is 0 Å². The number of aromatic nitrogens is 2. The van der Waals surface area contributed by atoms with Crippen molar-refractivity contribution in [2.75, 3.05) is 0 Å². The van der Waals surface area contributed by atoms with Gasteiger partial charge in [-0.1, -0.05) is 32.6 Å². The van der Waals surface area contributed by atoms with Gasteiger partial charge in [0.15, 0.2) is 0 Å². The molecular formula is C12H23FN2. The molecule has 0 fully saturated rings. The highest BCUT2D eigenvalue weighted by Gasteiger charge is 1.98. The van der Waals surface area contributed by atoms with Crippen molar-refractivity contribution in [2.24, 2.45) is 7.05 Å². The molecule has 0 amide bonds. The topological polar surface area (TPSA) is 8.81 Å². The lowest BCUT2D eigenvalue weighted by Crippen LogP contribution is -3.00. The number of unbranched alkanes of at least 4 members (excludes halogenated alkanes) is 5. The Labute approximate surface area is 92.3 Å². The van der Waals surface area contributed by atoms with E-state index in [1.807, 2.05) is 0 Å². The molecule has 0 unspecified atom stereocenters. The standard InChI is InChI=1S/C12H23N2.FH/c1-3-4-5-6-7-8-9-14-11-10-13(2)12-14;/h10-12H,3-9H2,1-2H3;1H/q+1;/p-1. The van der Waals surface area contributed by atoms with Crippen molar-refractivity contribution >= 4 is 0 Å². The van der Waals surface area contributed by atoms with Crippen molar-refractivity contribution < 1.29 is 9.27 Å². The second-order valence-electron chi connectivity index (χ2n) is 4.08. The SMILES string of the molecule is CCCCCCCCn1cc[n+](C)c1.[F-]. The van der Waals surface area contributed by atoms with Crippen LogP contribution in [-0.4, -0.2) is 4.57 Å². The van der Waals surface area contributed by atoms with Crippen LogP contribution < -0.4 is 9.27 Å². The minimum Gasteiger partial charge on any atom is -1.00 e. The molecule has 0 aliphatic heterocycles. The Bertz CT molecular complexity index is 246. The van der Waals surface area contributed by atoms with Gasteiger partial charge in [0.1, 0.15) is 12.4 Å². The summed E-state index contributed by atoms with van der Waals surface area (Å²) in [5.41, 5.74) is 0. The van der Waals surface area contributed by atoms with Crippen LogP contribution in [0.3, 0.4) is 0 Å². The molecule has 0 saturated heterocycles. The van der Waals surface area contributed by atoms with Gasteiger partial charge in [0.25, 0.3) is 0 Å². The van der Waals surface area contributed by atoms with Crippen LogP contribution in [0.5, 0.6) is 0 Å². The van der Waals surface area contributed by atoms with Crippen LogP contribution >= 0.6 is 0 Å². The minimum atomic E-state index is 0. The van der Waals surface area contributed by atoms with Gasteiger partial charge in [0, 0.05) is 0 Å². The van der Waals surface area contributed by atoms with Crippen molar-refractivity contribution in [1.82, 2.24) is 4.57 Å². The molecule has 0 bridgehead atoms. The average molecular weight is 214 g/mol. The molecule has 3 heteroatoms. The van der Waals surface area contributed by atoms with Crippen LogP contribution in [0, 0.1) is 0 Å². The van der Waals surface area contributed by atoms with Crippen LogP contribution in [0.4, 0.5) is 0 Å². The highest BCUT2D eigenvalue weighted by molar-refractivity contribution is 4.65. The number of hydrogen-bond donors (Lipinski definition) is 0. The monoisotopic (exact) mass is 214 g/mol. The highest BCUT2D eigenvalue weighted by Crippen LogP contribution is 2.05. The molecule has 2 nitrogen and oxygen atoms in total. The quantitative estimate of drug-likeness (QED) is 0.434. The molecule has 0 aliphatic rings. The summed E-state index contributed by atoms with van der Waals surface area (Å²) in [5.74, 6) is 0. The average Bonchev–Trinajstić information content (AvgIpc) is 2.58. The van der Waals surface area contributed by atoms with Gasteiger partial charge in [0.05, 0.1) is 13.6 Å². The van der Waals surface area contributed by atoms with E-state index in [1.54, 1.807) is 0 Å². The molecule has 1 heterocycles. The van der Waals surface area contributed by atoms with Crippen LogP contribution in [-0.2, 0) is 13.6 Å². The molecule has 0 saturated carbocycles. The third-order valence-electron chi connectivity index (χ3n) is 2.59. The van der Waals surface area contributed by atoms with Crippen molar-refractivity contribution in [3.8, 4) is 0 Å². The van der Waals surface area contributed by atoms with E-state index >= 15 is 0 Å². The maximum Gasteiger partial charge on any atom is 0.243 e. The summed E-state index contributed by atoms with van der Waals surface area (Å²) < 4.78 is 4.36. The maximum absolute atomic E-state index is 2.26. The Morgan fingerprint density at radius 3 is 2.33 bits per heavy atom. The van der Waals surface area contributed by atoms with Crippen LogP contribution in [0.15, 0.2) is 18.7 Å². The summed E-state index contributed by atoms with van der Waals surface area (Å²) in [6, 6.07) is 0. The van der Waals surface area contributed by atoms with Crippen LogP contribution in [0.25, 0.3) is 0 Å². The predicted molar refractivity (Wildman–Crippen MR) is 59.0 cm³/mol. The largest absolute Gasteiger partial charge is 1.00 e. The fourth-order valence-electron chi connectivity index (χ4n) is 1.71. The highest BCUT2D eigenvalue weighted by atomic mass is 19.0. The number of imidazole rings is 1. The summed E-state index contributed by atoms with van der Waals surface area (Å²) in [7, 11) is 2.07. The summed E-state index contributed by atoms with van der Waals surface area (Å²) in [6.07, 6.45) is 14.6. The number of aryl methyl sites for hydroxylation is 2. The second-order valence-corrected chi connectivity index (χ2v) is 4.08. The van der Waals surface area contributed by atoms with E-state index in [1.165, 1.54) is 45.1 Å². The molecule has 1 rings (SSSR count). The number of halogens is 1. The van der Waals surface area contributed by atoms with Gasteiger partial charge < -0.3 is 4.70 Å². The third kappa shape index (κ3) is 6.26. The van der Waals surface area contributed by atoms with Gasteiger partial charge in [-0.2, -0.15) is 0 Å². The fourth-order valence-corrected chi connectivity index (χ4v) is 1.71. The molecule has 88 valence electrons. The summed E-state index contributed by atoms with van der Waals surface area (Å²) >= 11 is 0. The Morgan fingerprint density at radius 2 is 1.73 bits per heavy atom. The van der Waals surface area contributed by atoms with Crippen molar-refractivity contribution in [3.63, 3.8) is 0 Å². The lowest BCUT2D eigenvalue weighted by atomic mass is 10.1. The Balaban J connectivity index is 0.00000196. The first-order valence-electron chi connectivity index (χ1n) is 5.84. The fraction of sp³-hybridized carbons (Fsp3) is 0.750. The van der Waals surface area contributed by atoms with E-state index in [-0.39, 0.29) is 4.70 Å². The predicted octanol–water partition coefficient (Wildman–Crippen LogP) is -0.323. The van der Waals surface area contributed by atoms with Crippen molar-refractivity contribution in [3.05, 3.63) is 18.7 Å².